The Labute approximate surface area is 120 Å². The average molecular weight is 268 g/mol. The Hall–Kier alpha value is -2.29. The zero-order valence-corrected chi connectivity index (χ0v) is 11.9. The van der Waals surface area contributed by atoms with Crippen LogP contribution in [0.3, 0.4) is 0 Å². The minimum atomic E-state index is -0.0260. The summed E-state index contributed by atoms with van der Waals surface area (Å²) in [6, 6.07) is 17.3. The molecule has 2 aromatic carbocycles. The lowest BCUT2D eigenvalue weighted by Gasteiger charge is -2.27. The van der Waals surface area contributed by atoms with E-state index in [1.165, 1.54) is 0 Å². The van der Waals surface area contributed by atoms with Crippen molar-refractivity contribution in [3.63, 3.8) is 0 Å². The molecule has 20 heavy (non-hydrogen) atoms. The van der Waals surface area contributed by atoms with Gasteiger partial charge < -0.3 is 10.6 Å². The highest BCUT2D eigenvalue weighted by atomic mass is 16.2. The Morgan fingerprint density at radius 1 is 1.05 bits per heavy atom. The van der Waals surface area contributed by atoms with Gasteiger partial charge >= 0.3 is 0 Å². The number of hydrogen-bond donors (Lipinski definition) is 1. The second-order valence-electron chi connectivity index (χ2n) is 5.10. The van der Waals surface area contributed by atoms with Gasteiger partial charge in [-0.15, -0.1) is 0 Å². The van der Waals surface area contributed by atoms with Crippen LogP contribution in [0.15, 0.2) is 54.6 Å². The number of rotatable bonds is 4. The Morgan fingerprint density at radius 3 is 2.25 bits per heavy atom. The normalized spacial score (nSPS) is 10.6. The molecule has 0 heterocycles. The van der Waals surface area contributed by atoms with E-state index >= 15 is 0 Å². The number of nitrogen functional groups attached to an aromatic ring is 1. The summed E-state index contributed by atoms with van der Waals surface area (Å²) >= 11 is 0. The first kappa shape index (κ1) is 14.1. The first-order chi connectivity index (χ1) is 9.59. The van der Waals surface area contributed by atoms with Crippen LogP contribution < -0.4 is 5.73 Å². The molecular weight excluding hydrogens is 248 g/mol. The van der Waals surface area contributed by atoms with Crippen molar-refractivity contribution < 1.29 is 4.79 Å². The van der Waals surface area contributed by atoms with E-state index in [-0.39, 0.29) is 11.9 Å². The van der Waals surface area contributed by atoms with Crippen LogP contribution in [0.2, 0.25) is 0 Å². The molecule has 2 aromatic rings. The molecule has 0 spiro atoms. The number of hydrogen-bond acceptors (Lipinski definition) is 2. The summed E-state index contributed by atoms with van der Waals surface area (Å²) in [7, 11) is 0. The summed E-state index contributed by atoms with van der Waals surface area (Å²) in [4.78, 5) is 14.5. The molecule has 0 unspecified atom stereocenters. The van der Waals surface area contributed by atoms with E-state index in [4.69, 9.17) is 5.73 Å². The van der Waals surface area contributed by atoms with Gasteiger partial charge in [-0.25, -0.2) is 0 Å². The molecule has 104 valence electrons. The van der Waals surface area contributed by atoms with Crippen molar-refractivity contribution in [3.8, 4) is 0 Å². The van der Waals surface area contributed by atoms with Crippen molar-refractivity contribution in [2.75, 3.05) is 5.73 Å². The fourth-order valence-corrected chi connectivity index (χ4v) is 2.12. The van der Waals surface area contributed by atoms with Crippen LogP contribution in [0.1, 0.15) is 29.8 Å². The molecule has 1 amide bonds. The van der Waals surface area contributed by atoms with Gasteiger partial charge in [0.15, 0.2) is 0 Å². The highest BCUT2D eigenvalue weighted by Crippen LogP contribution is 2.17. The van der Waals surface area contributed by atoms with Crippen molar-refractivity contribution in [2.24, 2.45) is 0 Å². The zero-order valence-electron chi connectivity index (χ0n) is 11.9. The second kappa shape index (κ2) is 6.24. The summed E-state index contributed by atoms with van der Waals surface area (Å²) in [5.41, 5.74) is 8.11. The fourth-order valence-electron chi connectivity index (χ4n) is 2.12. The van der Waals surface area contributed by atoms with Gasteiger partial charge in [-0.05, 0) is 31.5 Å². The number of nitrogens with zero attached hydrogens (tertiary/aromatic N) is 1. The molecule has 0 bridgehead atoms. The van der Waals surface area contributed by atoms with Gasteiger partial charge in [-0.1, -0.05) is 42.5 Å². The lowest BCUT2D eigenvalue weighted by Crippen LogP contribution is -2.36. The highest BCUT2D eigenvalue weighted by molar-refractivity contribution is 5.99. The molecule has 2 rings (SSSR count). The summed E-state index contributed by atoms with van der Waals surface area (Å²) in [5, 5.41) is 0. The number of carbonyl (C=O) groups is 1. The monoisotopic (exact) mass is 268 g/mol. The smallest absolute Gasteiger partial charge is 0.256 e. The molecule has 0 saturated heterocycles. The average Bonchev–Trinajstić information content (AvgIpc) is 2.45. The van der Waals surface area contributed by atoms with Crippen molar-refractivity contribution in [1.82, 2.24) is 4.90 Å². The maximum Gasteiger partial charge on any atom is 0.256 e. The van der Waals surface area contributed by atoms with Crippen molar-refractivity contribution in [1.29, 1.82) is 0 Å². The van der Waals surface area contributed by atoms with Crippen LogP contribution in [0.4, 0.5) is 5.69 Å². The van der Waals surface area contributed by atoms with E-state index < -0.39 is 0 Å². The lowest BCUT2D eigenvalue weighted by molar-refractivity contribution is 0.0691. The molecule has 0 radical (unpaired) electrons. The molecule has 0 saturated carbocycles. The standard InChI is InChI=1S/C17H20N2O/c1-13(2)19(12-14-8-4-3-5-9-14)17(20)15-10-6-7-11-16(15)18/h3-11,13H,12,18H2,1-2H3. The maximum atomic E-state index is 12.7. The summed E-state index contributed by atoms with van der Waals surface area (Å²) < 4.78 is 0. The van der Waals surface area contributed by atoms with Crippen LogP contribution in [0.25, 0.3) is 0 Å². The van der Waals surface area contributed by atoms with E-state index in [1.54, 1.807) is 12.1 Å². The third-order valence-electron chi connectivity index (χ3n) is 3.27. The van der Waals surface area contributed by atoms with E-state index in [9.17, 15) is 4.79 Å². The predicted molar refractivity (Wildman–Crippen MR) is 82.3 cm³/mol. The minimum Gasteiger partial charge on any atom is -0.398 e. The van der Waals surface area contributed by atoms with Crippen LogP contribution in [-0.2, 0) is 6.54 Å². The van der Waals surface area contributed by atoms with Gasteiger partial charge in [0.2, 0.25) is 0 Å². The van der Waals surface area contributed by atoms with Gasteiger partial charge in [-0.2, -0.15) is 0 Å². The minimum absolute atomic E-state index is 0.0260. The van der Waals surface area contributed by atoms with Gasteiger partial charge in [0, 0.05) is 18.3 Å². The number of para-hydroxylation sites is 1. The number of anilines is 1. The Morgan fingerprint density at radius 2 is 1.65 bits per heavy atom. The molecule has 2 N–H and O–H groups in total. The molecule has 0 atom stereocenters. The summed E-state index contributed by atoms with van der Waals surface area (Å²) in [6.07, 6.45) is 0. The molecule has 0 aliphatic carbocycles. The Bertz CT molecular complexity index is 579. The van der Waals surface area contributed by atoms with Gasteiger partial charge in [0.1, 0.15) is 0 Å². The van der Waals surface area contributed by atoms with Crippen LogP contribution in [0.5, 0.6) is 0 Å². The van der Waals surface area contributed by atoms with Crippen molar-refractivity contribution in [3.05, 3.63) is 65.7 Å². The Balaban J connectivity index is 2.25. The third kappa shape index (κ3) is 3.18. The van der Waals surface area contributed by atoms with Gasteiger partial charge in [0.25, 0.3) is 5.91 Å². The maximum absolute atomic E-state index is 12.7. The molecule has 0 aliphatic rings. The highest BCUT2D eigenvalue weighted by Gasteiger charge is 2.20. The molecule has 0 aromatic heterocycles. The van der Waals surface area contributed by atoms with E-state index in [0.29, 0.717) is 17.8 Å². The van der Waals surface area contributed by atoms with E-state index in [0.717, 1.165) is 5.56 Å². The Kier molecular flexibility index (Phi) is 4.41. The number of benzene rings is 2. The summed E-state index contributed by atoms with van der Waals surface area (Å²) in [5.74, 6) is -0.0260. The first-order valence-electron chi connectivity index (χ1n) is 6.79. The lowest BCUT2D eigenvalue weighted by atomic mass is 10.1. The van der Waals surface area contributed by atoms with Crippen LogP contribution >= 0.6 is 0 Å². The number of carbonyl (C=O) groups excluding carboxylic acids is 1. The van der Waals surface area contributed by atoms with Crippen molar-refractivity contribution >= 4 is 11.6 Å². The quantitative estimate of drug-likeness (QED) is 0.865. The fraction of sp³-hybridized carbons (Fsp3) is 0.235. The van der Waals surface area contributed by atoms with Crippen LogP contribution in [0, 0.1) is 0 Å². The first-order valence-corrected chi connectivity index (χ1v) is 6.79. The largest absolute Gasteiger partial charge is 0.398 e. The van der Waals surface area contributed by atoms with E-state index in [2.05, 4.69) is 0 Å². The number of amides is 1. The summed E-state index contributed by atoms with van der Waals surface area (Å²) in [6.45, 7) is 4.62. The SMILES string of the molecule is CC(C)N(Cc1ccccc1)C(=O)c1ccccc1N. The molecule has 0 aliphatic heterocycles. The van der Waals surface area contributed by atoms with Gasteiger partial charge in [0.05, 0.1) is 5.56 Å². The molecule has 3 nitrogen and oxygen atoms in total. The molecule has 0 fully saturated rings. The van der Waals surface area contributed by atoms with Crippen molar-refractivity contribution in [2.45, 2.75) is 26.4 Å². The van der Waals surface area contributed by atoms with Crippen LogP contribution in [-0.4, -0.2) is 16.8 Å². The predicted octanol–water partition coefficient (Wildman–Crippen LogP) is 3.32. The van der Waals surface area contributed by atoms with Gasteiger partial charge in [-0.3, -0.25) is 4.79 Å². The van der Waals surface area contributed by atoms with E-state index in [1.807, 2.05) is 61.2 Å². The third-order valence-corrected chi connectivity index (χ3v) is 3.27. The molecular formula is C17H20N2O. The zero-order chi connectivity index (χ0) is 14.5. The second-order valence-corrected chi connectivity index (χ2v) is 5.10. The molecule has 3 heteroatoms. The topological polar surface area (TPSA) is 46.3 Å². The number of nitrogens with two attached hydrogens (primary N) is 1.